The average molecular weight is 354 g/mol. The lowest BCUT2D eigenvalue weighted by Crippen LogP contribution is -2.41. The van der Waals surface area contributed by atoms with Crippen LogP contribution in [0.1, 0.15) is 24.5 Å². The summed E-state index contributed by atoms with van der Waals surface area (Å²) in [5.74, 6) is -0.767. The van der Waals surface area contributed by atoms with E-state index in [4.69, 9.17) is 9.84 Å². The first-order chi connectivity index (χ1) is 12.6. The Morgan fingerprint density at radius 3 is 2.92 bits per heavy atom. The van der Waals surface area contributed by atoms with Crippen LogP contribution in [0.15, 0.2) is 48.5 Å². The minimum absolute atomic E-state index is 0.154. The summed E-state index contributed by atoms with van der Waals surface area (Å²) in [5.41, 5.74) is 4.54. The van der Waals surface area contributed by atoms with Crippen LogP contribution in [0.5, 0.6) is 0 Å². The van der Waals surface area contributed by atoms with E-state index in [0.717, 1.165) is 37.5 Å². The zero-order valence-corrected chi connectivity index (χ0v) is 15.1. The fourth-order valence-electron chi connectivity index (χ4n) is 3.29. The first-order valence-electron chi connectivity index (χ1n) is 9.11. The summed E-state index contributed by atoms with van der Waals surface area (Å²) in [4.78, 5) is 13.1. The molecule has 0 saturated carbocycles. The zero-order valence-electron chi connectivity index (χ0n) is 15.1. The number of carboxylic acid groups (broad SMARTS) is 1. The normalized spacial score (nSPS) is 17.1. The monoisotopic (exact) mass is 354 g/mol. The number of hydrogen-bond donors (Lipinski definition) is 2. The SMILES string of the molecule is CC1CN(c2ccccc2CNc2cccc(CCC(=O)O)c2)CCO1. The molecule has 0 amide bonds. The standard InChI is InChI=1S/C21H26N2O3/c1-16-15-23(11-12-26-16)20-8-3-2-6-18(20)14-22-19-7-4-5-17(13-19)9-10-21(24)25/h2-8,13,16,22H,9-12,14-15H2,1H3,(H,24,25). The van der Waals surface area contributed by atoms with Crippen LogP contribution in [0.25, 0.3) is 0 Å². The van der Waals surface area contributed by atoms with E-state index in [1.807, 2.05) is 24.3 Å². The molecule has 0 radical (unpaired) electrons. The van der Waals surface area contributed by atoms with Crippen LogP contribution in [0.3, 0.4) is 0 Å². The quantitative estimate of drug-likeness (QED) is 0.796. The molecule has 1 aliphatic heterocycles. The van der Waals surface area contributed by atoms with Crippen LogP contribution in [-0.4, -0.2) is 36.9 Å². The van der Waals surface area contributed by atoms with Crippen molar-refractivity contribution in [3.05, 3.63) is 59.7 Å². The third-order valence-electron chi connectivity index (χ3n) is 4.61. The lowest BCUT2D eigenvalue weighted by atomic mass is 10.1. The first kappa shape index (κ1) is 18.3. The van der Waals surface area contributed by atoms with E-state index in [1.165, 1.54) is 11.3 Å². The molecule has 5 heteroatoms. The minimum Gasteiger partial charge on any atom is -0.481 e. The Morgan fingerprint density at radius 1 is 1.27 bits per heavy atom. The second-order valence-electron chi connectivity index (χ2n) is 6.70. The Balaban J connectivity index is 1.66. The lowest BCUT2D eigenvalue weighted by molar-refractivity contribution is -0.136. The van der Waals surface area contributed by atoms with Crippen LogP contribution in [0, 0.1) is 0 Å². The van der Waals surface area contributed by atoms with Crippen molar-refractivity contribution in [3.63, 3.8) is 0 Å². The van der Waals surface area contributed by atoms with E-state index < -0.39 is 5.97 Å². The van der Waals surface area contributed by atoms with E-state index in [1.54, 1.807) is 0 Å². The van der Waals surface area contributed by atoms with Gasteiger partial charge in [0.05, 0.1) is 12.7 Å². The van der Waals surface area contributed by atoms with Gasteiger partial charge in [-0.05, 0) is 42.7 Å². The highest BCUT2D eigenvalue weighted by molar-refractivity contribution is 5.67. The van der Waals surface area contributed by atoms with Gasteiger partial charge in [-0.15, -0.1) is 0 Å². The van der Waals surface area contributed by atoms with E-state index in [-0.39, 0.29) is 12.5 Å². The number of benzene rings is 2. The molecule has 1 unspecified atom stereocenters. The predicted octanol–water partition coefficient (Wildman–Crippen LogP) is 3.54. The molecule has 0 spiro atoms. The van der Waals surface area contributed by atoms with Crippen molar-refractivity contribution in [2.45, 2.75) is 32.4 Å². The number of morpholine rings is 1. The molecule has 1 fully saturated rings. The molecule has 2 aromatic rings. The van der Waals surface area contributed by atoms with Crippen molar-refractivity contribution < 1.29 is 14.6 Å². The maximum Gasteiger partial charge on any atom is 0.303 e. The van der Waals surface area contributed by atoms with Gasteiger partial charge in [0.1, 0.15) is 0 Å². The number of aliphatic carboxylic acids is 1. The molecular weight excluding hydrogens is 328 g/mol. The smallest absolute Gasteiger partial charge is 0.303 e. The van der Waals surface area contributed by atoms with Gasteiger partial charge in [-0.1, -0.05) is 30.3 Å². The summed E-state index contributed by atoms with van der Waals surface area (Å²) in [6.07, 6.45) is 0.949. The Hall–Kier alpha value is -2.53. The Labute approximate surface area is 154 Å². The molecule has 0 bridgehead atoms. The number of nitrogens with zero attached hydrogens (tertiary/aromatic N) is 1. The van der Waals surface area contributed by atoms with Gasteiger partial charge < -0.3 is 20.1 Å². The number of nitrogens with one attached hydrogen (secondary N) is 1. The molecule has 1 atom stereocenters. The van der Waals surface area contributed by atoms with E-state index in [0.29, 0.717) is 6.42 Å². The van der Waals surface area contributed by atoms with Crippen molar-refractivity contribution in [3.8, 4) is 0 Å². The van der Waals surface area contributed by atoms with Gasteiger partial charge in [0, 0.05) is 37.4 Å². The molecular formula is C21H26N2O3. The number of rotatable bonds is 7. The van der Waals surface area contributed by atoms with Crippen molar-refractivity contribution in [2.75, 3.05) is 29.9 Å². The third-order valence-corrected chi connectivity index (χ3v) is 4.61. The molecule has 3 rings (SSSR count). The topological polar surface area (TPSA) is 61.8 Å². The largest absolute Gasteiger partial charge is 0.481 e. The molecule has 26 heavy (non-hydrogen) atoms. The zero-order chi connectivity index (χ0) is 18.4. The summed E-state index contributed by atoms with van der Waals surface area (Å²) >= 11 is 0. The molecule has 1 saturated heterocycles. The van der Waals surface area contributed by atoms with Crippen molar-refractivity contribution >= 4 is 17.3 Å². The molecule has 2 aromatic carbocycles. The van der Waals surface area contributed by atoms with Crippen molar-refractivity contribution in [1.82, 2.24) is 0 Å². The number of hydrogen-bond acceptors (Lipinski definition) is 4. The Morgan fingerprint density at radius 2 is 2.12 bits per heavy atom. The van der Waals surface area contributed by atoms with Gasteiger partial charge in [0.25, 0.3) is 0 Å². The highest BCUT2D eigenvalue weighted by atomic mass is 16.5. The highest BCUT2D eigenvalue weighted by Gasteiger charge is 2.18. The van der Waals surface area contributed by atoms with E-state index in [9.17, 15) is 4.79 Å². The Kier molecular flexibility index (Phi) is 6.12. The number of carboxylic acids is 1. The maximum atomic E-state index is 10.7. The second kappa shape index (κ2) is 8.72. The van der Waals surface area contributed by atoms with Gasteiger partial charge in [-0.25, -0.2) is 0 Å². The average Bonchev–Trinajstić information content (AvgIpc) is 2.65. The van der Waals surface area contributed by atoms with Crippen LogP contribution >= 0.6 is 0 Å². The Bertz CT molecular complexity index is 748. The van der Waals surface area contributed by atoms with Gasteiger partial charge >= 0.3 is 5.97 Å². The van der Waals surface area contributed by atoms with Crippen LogP contribution in [0.2, 0.25) is 0 Å². The van der Waals surface area contributed by atoms with Gasteiger partial charge in [0.2, 0.25) is 0 Å². The molecule has 0 aliphatic carbocycles. The summed E-state index contributed by atoms with van der Waals surface area (Å²) in [6, 6.07) is 16.4. The van der Waals surface area contributed by atoms with E-state index in [2.05, 4.69) is 41.4 Å². The summed E-state index contributed by atoms with van der Waals surface area (Å²) < 4.78 is 5.65. The number of aryl methyl sites for hydroxylation is 1. The molecule has 5 nitrogen and oxygen atoms in total. The number of para-hydroxylation sites is 1. The number of ether oxygens (including phenoxy) is 1. The summed E-state index contributed by atoms with van der Waals surface area (Å²) in [6.45, 7) is 5.40. The summed E-state index contributed by atoms with van der Waals surface area (Å²) in [7, 11) is 0. The fourth-order valence-corrected chi connectivity index (χ4v) is 3.29. The van der Waals surface area contributed by atoms with Crippen LogP contribution in [0.4, 0.5) is 11.4 Å². The molecule has 2 N–H and O–H groups in total. The number of anilines is 2. The van der Waals surface area contributed by atoms with E-state index >= 15 is 0 Å². The van der Waals surface area contributed by atoms with Crippen molar-refractivity contribution in [2.24, 2.45) is 0 Å². The molecule has 1 aliphatic rings. The van der Waals surface area contributed by atoms with Crippen LogP contribution < -0.4 is 10.2 Å². The van der Waals surface area contributed by atoms with Crippen LogP contribution in [-0.2, 0) is 22.5 Å². The molecule has 0 aromatic heterocycles. The number of carbonyl (C=O) groups is 1. The van der Waals surface area contributed by atoms with Gasteiger partial charge in [0.15, 0.2) is 0 Å². The molecule has 1 heterocycles. The second-order valence-corrected chi connectivity index (χ2v) is 6.70. The fraction of sp³-hybridized carbons (Fsp3) is 0.381. The molecule has 138 valence electrons. The first-order valence-corrected chi connectivity index (χ1v) is 9.11. The lowest BCUT2D eigenvalue weighted by Gasteiger charge is -2.34. The predicted molar refractivity (Wildman–Crippen MR) is 104 cm³/mol. The highest BCUT2D eigenvalue weighted by Crippen LogP contribution is 2.24. The summed E-state index contributed by atoms with van der Waals surface area (Å²) in [5, 5.41) is 12.3. The minimum atomic E-state index is -0.767. The van der Waals surface area contributed by atoms with Gasteiger partial charge in [-0.2, -0.15) is 0 Å². The maximum absolute atomic E-state index is 10.7. The van der Waals surface area contributed by atoms with Gasteiger partial charge in [-0.3, -0.25) is 4.79 Å². The third kappa shape index (κ3) is 4.99. The van der Waals surface area contributed by atoms with Crippen molar-refractivity contribution in [1.29, 1.82) is 0 Å².